The second-order valence-electron chi connectivity index (χ2n) is 16.7. The maximum Gasteiger partial charge on any atom is 0.0668 e. The highest BCUT2D eigenvalue weighted by atomic mass is 15.0. The Balaban J connectivity index is 0.975. The van der Waals surface area contributed by atoms with E-state index >= 15 is 0 Å². The first kappa shape index (κ1) is 35.2. The van der Waals surface area contributed by atoms with Gasteiger partial charge in [-0.05, 0) is 128 Å². The molecule has 0 fully saturated rings. The maximum absolute atomic E-state index is 5.26. The Morgan fingerprint density at radius 3 is 2.14 bits per heavy atom. The van der Waals surface area contributed by atoms with Gasteiger partial charge >= 0.3 is 0 Å². The molecule has 0 unspecified atom stereocenters. The lowest BCUT2D eigenvalue weighted by Gasteiger charge is -2.21. The van der Waals surface area contributed by atoms with Crippen molar-refractivity contribution in [2.24, 2.45) is 4.99 Å². The number of hydrogen-bond acceptors (Lipinski definition) is 1. The predicted octanol–water partition coefficient (Wildman–Crippen LogP) is 14.4. The third-order valence-electron chi connectivity index (χ3n) is 12.9. The topological polar surface area (TPSA) is 17.3 Å². The zero-order valence-corrected chi connectivity index (χ0v) is 33.7. The Hall–Kier alpha value is -7.03. The van der Waals surface area contributed by atoms with E-state index in [0.717, 1.165) is 35.4 Å². The number of rotatable bonds is 7. The molecular weight excluding hydrogens is 713 g/mol. The number of benzene rings is 8. The lowest BCUT2D eigenvalue weighted by molar-refractivity contribution is 0.661. The summed E-state index contributed by atoms with van der Waals surface area (Å²) < 4.78 is 2.50. The zero-order chi connectivity index (χ0) is 39.7. The van der Waals surface area contributed by atoms with Gasteiger partial charge in [-0.25, -0.2) is 0 Å². The number of nitrogens with zero attached hydrogens (tertiary/aromatic N) is 2. The quantitative estimate of drug-likeness (QED) is 0.144. The molecule has 0 N–H and O–H groups in total. The first-order valence-corrected chi connectivity index (χ1v) is 20.8. The van der Waals surface area contributed by atoms with Crippen molar-refractivity contribution in [3.8, 4) is 39.1 Å². The molecule has 0 saturated carbocycles. The van der Waals surface area contributed by atoms with Crippen LogP contribution in [0.2, 0.25) is 0 Å². The average molecular weight is 757 g/mol. The van der Waals surface area contributed by atoms with Crippen molar-refractivity contribution in [1.82, 2.24) is 4.57 Å². The molecule has 0 aliphatic heterocycles. The molecule has 8 aromatic carbocycles. The molecule has 9 aromatic rings. The van der Waals surface area contributed by atoms with E-state index in [2.05, 4.69) is 213 Å². The molecule has 2 heteroatoms. The fourth-order valence-corrected chi connectivity index (χ4v) is 9.86. The van der Waals surface area contributed by atoms with Crippen LogP contribution in [0.5, 0.6) is 0 Å². The summed E-state index contributed by atoms with van der Waals surface area (Å²) >= 11 is 0. The predicted molar refractivity (Wildman–Crippen MR) is 249 cm³/mol. The van der Waals surface area contributed by atoms with E-state index in [1.54, 1.807) is 0 Å². The molecule has 1 aromatic heterocycles. The molecule has 0 spiro atoms. The molecule has 0 amide bonds. The number of fused-ring (bicyclic) bond motifs is 9. The van der Waals surface area contributed by atoms with Crippen molar-refractivity contribution in [1.29, 1.82) is 0 Å². The lowest BCUT2D eigenvalue weighted by Crippen LogP contribution is -2.14. The summed E-state index contributed by atoms with van der Waals surface area (Å²) in [6, 6.07) is 66.8. The Bertz CT molecular complexity index is 3180. The van der Waals surface area contributed by atoms with Gasteiger partial charge in [0.1, 0.15) is 0 Å². The van der Waals surface area contributed by atoms with Gasteiger partial charge < -0.3 is 4.57 Å². The van der Waals surface area contributed by atoms with E-state index < -0.39 is 0 Å². The minimum absolute atomic E-state index is 0.0698. The van der Waals surface area contributed by atoms with Crippen molar-refractivity contribution < 1.29 is 0 Å². The van der Waals surface area contributed by atoms with Crippen LogP contribution in [0.4, 0.5) is 0 Å². The number of para-hydroxylation sites is 1. The highest BCUT2D eigenvalue weighted by molar-refractivity contribution is 6.12. The molecule has 11 rings (SSSR count). The van der Waals surface area contributed by atoms with Gasteiger partial charge in [0.05, 0.1) is 16.7 Å². The minimum Gasteiger partial charge on any atom is -0.309 e. The highest BCUT2D eigenvalue weighted by Crippen LogP contribution is 2.51. The molecule has 0 radical (unpaired) electrons. The van der Waals surface area contributed by atoms with Crippen molar-refractivity contribution in [2.75, 3.05) is 0 Å². The molecule has 0 bridgehead atoms. The molecule has 0 saturated heterocycles. The van der Waals surface area contributed by atoms with E-state index in [-0.39, 0.29) is 5.41 Å². The van der Waals surface area contributed by atoms with Gasteiger partial charge in [0.2, 0.25) is 0 Å². The van der Waals surface area contributed by atoms with Gasteiger partial charge in [-0.2, -0.15) is 0 Å². The van der Waals surface area contributed by atoms with Gasteiger partial charge in [-0.3, -0.25) is 4.99 Å². The van der Waals surface area contributed by atoms with Gasteiger partial charge in [0.15, 0.2) is 0 Å². The van der Waals surface area contributed by atoms with Crippen LogP contribution in [0, 0.1) is 0 Å². The molecule has 2 aliphatic rings. The highest BCUT2D eigenvalue weighted by Gasteiger charge is 2.36. The second-order valence-corrected chi connectivity index (χ2v) is 16.7. The summed E-state index contributed by atoms with van der Waals surface area (Å²) in [6.45, 7) is 6.88. The third kappa shape index (κ3) is 5.82. The van der Waals surface area contributed by atoms with Crippen LogP contribution in [-0.4, -0.2) is 10.3 Å². The van der Waals surface area contributed by atoms with Crippen LogP contribution in [0.25, 0.3) is 66.6 Å². The number of hydrogen-bond donors (Lipinski definition) is 0. The fraction of sp³-hybridized carbons (Fsp3) is 0.105. The van der Waals surface area contributed by atoms with Crippen LogP contribution in [0.3, 0.4) is 0 Å². The second kappa shape index (κ2) is 13.8. The Kier molecular flexibility index (Phi) is 8.23. The van der Waals surface area contributed by atoms with Crippen LogP contribution in [-0.2, 0) is 18.3 Å². The van der Waals surface area contributed by atoms with Crippen LogP contribution in [0.1, 0.15) is 59.7 Å². The van der Waals surface area contributed by atoms with Gasteiger partial charge in [0, 0.05) is 27.6 Å². The zero-order valence-electron chi connectivity index (χ0n) is 33.7. The fourth-order valence-electron chi connectivity index (χ4n) is 9.86. The van der Waals surface area contributed by atoms with Crippen molar-refractivity contribution in [3.63, 3.8) is 0 Å². The van der Waals surface area contributed by atoms with Crippen molar-refractivity contribution >= 4 is 33.2 Å². The smallest absolute Gasteiger partial charge is 0.0668 e. The Morgan fingerprint density at radius 2 is 1.27 bits per heavy atom. The first-order valence-electron chi connectivity index (χ1n) is 20.8. The number of aliphatic imine (C=N–C) groups is 1. The molecule has 59 heavy (non-hydrogen) atoms. The Labute approximate surface area is 346 Å². The van der Waals surface area contributed by atoms with E-state index in [9.17, 15) is 0 Å². The van der Waals surface area contributed by atoms with Crippen LogP contribution < -0.4 is 0 Å². The standard InChI is InChI=1S/C57H44N2/c1-37(58-54(39-18-8-5-9-19-39)31-28-38-16-6-4-7-17-38)40-20-14-21-41(32-40)44-24-15-25-45-48-34-43(30-29-42(48)33-49(44)45)59-55-27-13-11-23-47(55)51-35-50-46-22-10-12-26-52(46)57(2,3)53(50)36-56(51)59/h4-27,29-32,34-36H,28,33H2,1-3H3/b54-31-,58-37?. The monoisotopic (exact) mass is 756 g/mol. The summed E-state index contributed by atoms with van der Waals surface area (Å²) in [7, 11) is 0. The molecule has 2 aliphatic carbocycles. The maximum atomic E-state index is 5.26. The number of aromatic nitrogens is 1. The lowest BCUT2D eigenvalue weighted by atomic mass is 9.82. The largest absolute Gasteiger partial charge is 0.309 e. The average Bonchev–Trinajstić information content (AvgIpc) is 3.90. The summed E-state index contributed by atoms with van der Waals surface area (Å²) in [5.41, 5.74) is 22.6. The molecule has 282 valence electrons. The summed E-state index contributed by atoms with van der Waals surface area (Å²) in [6.07, 6.45) is 3.98. The van der Waals surface area contributed by atoms with E-state index in [4.69, 9.17) is 4.99 Å². The minimum atomic E-state index is -0.0698. The van der Waals surface area contributed by atoms with E-state index in [1.807, 2.05) is 0 Å². The van der Waals surface area contributed by atoms with E-state index in [0.29, 0.717) is 0 Å². The summed E-state index contributed by atoms with van der Waals surface area (Å²) in [5, 5.41) is 2.59. The normalized spacial score (nSPS) is 14.0. The molecule has 0 atom stereocenters. The van der Waals surface area contributed by atoms with Crippen LogP contribution >= 0.6 is 0 Å². The number of allylic oxidation sites excluding steroid dienone is 1. The summed E-state index contributed by atoms with van der Waals surface area (Å²) in [5.74, 6) is 0. The SMILES string of the molecule is CC(=N/C(=C\Cc1ccccc1)c1ccccc1)c1cccc(-c2cccc3c2Cc2ccc(-n4c5ccccc5c5cc6c(cc54)C(C)(C)c4ccccc4-6)cc2-3)c1. The third-order valence-corrected chi connectivity index (χ3v) is 12.9. The first-order chi connectivity index (χ1) is 28.9. The van der Waals surface area contributed by atoms with Crippen LogP contribution in [0.15, 0.2) is 193 Å². The van der Waals surface area contributed by atoms with Crippen molar-refractivity contribution in [2.45, 2.75) is 39.0 Å². The molecule has 2 nitrogen and oxygen atoms in total. The Morgan fingerprint density at radius 1 is 0.559 bits per heavy atom. The van der Waals surface area contributed by atoms with E-state index in [1.165, 1.54) is 88.7 Å². The molecule has 1 heterocycles. The van der Waals surface area contributed by atoms with Gasteiger partial charge in [-0.1, -0.05) is 166 Å². The van der Waals surface area contributed by atoms with Crippen molar-refractivity contribution in [3.05, 3.63) is 227 Å². The van der Waals surface area contributed by atoms with Gasteiger partial charge in [-0.15, -0.1) is 0 Å². The summed E-state index contributed by atoms with van der Waals surface area (Å²) in [4.78, 5) is 5.26. The van der Waals surface area contributed by atoms with Gasteiger partial charge in [0.25, 0.3) is 0 Å². The molecular formula is C57H44N2.